The molecule has 3 atom stereocenters. The van der Waals surface area contributed by atoms with Gasteiger partial charge in [-0.3, -0.25) is 4.79 Å². The Morgan fingerprint density at radius 2 is 2.32 bits per heavy atom. The Morgan fingerprint density at radius 3 is 3.05 bits per heavy atom. The number of rotatable bonds is 1. The topological polar surface area (TPSA) is 52.6 Å². The van der Waals surface area contributed by atoms with Crippen LogP contribution >= 0.6 is 15.9 Å². The maximum atomic E-state index is 11.7. The number of nitrogens with zero attached hydrogens (tertiary/aromatic N) is 1. The number of anilines is 1. The molecule has 102 valence electrons. The summed E-state index contributed by atoms with van der Waals surface area (Å²) < 4.78 is 0.938. The number of fused-ring (bicyclic) bond motifs is 2. The number of carbonyl (C=O) groups is 1. The van der Waals surface area contributed by atoms with E-state index >= 15 is 0 Å². The molecule has 2 aliphatic heterocycles. The number of nitrogens with one attached hydrogen (secondary N) is 1. The average molecular weight is 325 g/mol. The number of carboxylic acid groups (broad SMARTS) is 1. The van der Waals surface area contributed by atoms with E-state index in [1.807, 2.05) is 18.2 Å². The zero-order valence-corrected chi connectivity index (χ0v) is 12.4. The van der Waals surface area contributed by atoms with Gasteiger partial charge < -0.3 is 15.3 Å². The van der Waals surface area contributed by atoms with Crippen molar-refractivity contribution < 1.29 is 9.90 Å². The molecule has 1 fully saturated rings. The number of piperidine rings is 1. The Kier molecular flexibility index (Phi) is 3.27. The number of aliphatic carboxylic acids is 1. The molecule has 1 aromatic carbocycles. The van der Waals surface area contributed by atoms with Crippen LogP contribution in [-0.4, -0.2) is 37.3 Å². The molecule has 0 bridgehead atoms. The first kappa shape index (κ1) is 12.9. The van der Waals surface area contributed by atoms with Gasteiger partial charge in [-0.15, -0.1) is 0 Å². The summed E-state index contributed by atoms with van der Waals surface area (Å²) in [6.45, 7) is 1.74. The molecule has 4 nitrogen and oxygen atoms in total. The van der Waals surface area contributed by atoms with Gasteiger partial charge in [0.25, 0.3) is 0 Å². The lowest BCUT2D eigenvalue weighted by Gasteiger charge is -2.47. The molecule has 3 rings (SSSR count). The highest BCUT2D eigenvalue weighted by molar-refractivity contribution is 9.10. The highest BCUT2D eigenvalue weighted by Gasteiger charge is 2.44. The number of carboxylic acids is 1. The predicted octanol–water partition coefficient (Wildman–Crippen LogP) is 2.05. The molecule has 19 heavy (non-hydrogen) atoms. The summed E-state index contributed by atoms with van der Waals surface area (Å²) in [5.74, 6) is -0.995. The highest BCUT2D eigenvalue weighted by Crippen LogP contribution is 2.44. The van der Waals surface area contributed by atoms with Crippen molar-refractivity contribution in [2.45, 2.75) is 18.4 Å². The fourth-order valence-electron chi connectivity index (χ4n) is 3.51. The maximum Gasteiger partial charge on any atom is 0.311 e. The third kappa shape index (κ3) is 2.05. The Hall–Kier alpha value is -1.07. The van der Waals surface area contributed by atoms with Crippen molar-refractivity contribution in [3.63, 3.8) is 0 Å². The van der Waals surface area contributed by atoms with Crippen molar-refractivity contribution in [2.75, 3.05) is 25.0 Å². The molecule has 1 saturated heterocycles. The second-order valence-electron chi connectivity index (χ2n) is 5.35. The summed E-state index contributed by atoms with van der Waals surface area (Å²) in [6, 6.07) is 6.27. The Balaban J connectivity index is 2.13. The van der Waals surface area contributed by atoms with Crippen LogP contribution in [0.1, 0.15) is 17.9 Å². The molecule has 0 spiro atoms. The summed E-state index contributed by atoms with van der Waals surface area (Å²) in [5, 5.41) is 13.0. The third-order valence-electron chi connectivity index (χ3n) is 4.39. The van der Waals surface area contributed by atoms with Crippen LogP contribution in [0.5, 0.6) is 0 Å². The Morgan fingerprint density at radius 1 is 1.53 bits per heavy atom. The molecular formula is C14H17BrN2O2. The zero-order valence-electron chi connectivity index (χ0n) is 10.8. The van der Waals surface area contributed by atoms with Crippen LogP contribution in [0.3, 0.4) is 0 Å². The largest absolute Gasteiger partial charge is 0.481 e. The molecule has 0 amide bonds. The second kappa shape index (κ2) is 4.80. The van der Waals surface area contributed by atoms with Crippen molar-refractivity contribution in [1.29, 1.82) is 0 Å². The van der Waals surface area contributed by atoms with Crippen LogP contribution in [0, 0.1) is 5.92 Å². The first-order chi connectivity index (χ1) is 9.09. The van der Waals surface area contributed by atoms with Crippen LogP contribution in [0.2, 0.25) is 0 Å². The molecule has 2 aliphatic rings. The van der Waals surface area contributed by atoms with Gasteiger partial charge in [0, 0.05) is 35.7 Å². The summed E-state index contributed by atoms with van der Waals surface area (Å²) in [7, 11) is 2.08. The van der Waals surface area contributed by atoms with Crippen LogP contribution < -0.4 is 10.2 Å². The minimum Gasteiger partial charge on any atom is -0.481 e. The molecular weight excluding hydrogens is 308 g/mol. The van der Waals surface area contributed by atoms with E-state index < -0.39 is 11.9 Å². The summed E-state index contributed by atoms with van der Waals surface area (Å²) in [4.78, 5) is 14.0. The maximum absolute atomic E-state index is 11.7. The predicted molar refractivity (Wildman–Crippen MR) is 77.7 cm³/mol. The van der Waals surface area contributed by atoms with E-state index in [1.54, 1.807) is 0 Å². The monoisotopic (exact) mass is 324 g/mol. The van der Waals surface area contributed by atoms with E-state index in [1.165, 1.54) is 0 Å². The van der Waals surface area contributed by atoms with Crippen molar-refractivity contribution in [1.82, 2.24) is 5.32 Å². The SMILES string of the molecule is CN1c2ccc(Br)cc2C(C(=O)O)C2CNCCC21. The molecule has 2 heterocycles. The summed E-state index contributed by atoms with van der Waals surface area (Å²) >= 11 is 3.45. The Bertz CT molecular complexity index is 520. The molecule has 0 radical (unpaired) electrons. The van der Waals surface area contributed by atoms with E-state index in [2.05, 4.69) is 33.2 Å². The fourth-order valence-corrected chi connectivity index (χ4v) is 3.89. The van der Waals surface area contributed by atoms with Crippen molar-refractivity contribution in [3.8, 4) is 0 Å². The molecule has 0 saturated carbocycles. The summed E-state index contributed by atoms with van der Waals surface area (Å²) in [6.07, 6.45) is 1.00. The number of hydrogen-bond acceptors (Lipinski definition) is 3. The van der Waals surface area contributed by atoms with Gasteiger partial charge in [-0.1, -0.05) is 15.9 Å². The van der Waals surface area contributed by atoms with E-state index in [0.29, 0.717) is 6.04 Å². The molecule has 1 aromatic rings. The van der Waals surface area contributed by atoms with Gasteiger partial charge >= 0.3 is 5.97 Å². The first-order valence-corrected chi connectivity index (χ1v) is 7.34. The van der Waals surface area contributed by atoms with E-state index in [9.17, 15) is 9.90 Å². The molecule has 3 unspecified atom stereocenters. The normalized spacial score (nSPS) is 29.6. The average Bonchev–Trinajstić information content (AvgIpc) is 2.38. The minimum atomic E-state index is -0.717. The standard InChI is InChI=1S/C14H17BrN2O2/c1-17-11-3-2-8(15)6-9(11)13(14(18)19)10-7-16-5-4-12(10)17/h2-3,6,10,12-13,16H,4-5,7H2,1H3,(H,18,19). The van der Waals surface area contributed by atoms with E-state index in [-0.39, 0.29) is 5.92 Å². The van der Waals surface area contributed by atoms with Gasteiger partial charge in [0.1, 0.15) is 0 Å². The lowest BCUT2D eigenvalue weighted by atomic mass is 9.74. The lowest BCUT2D eigenvalue weighted by Crippen LogP contribution is -2.54. The van der Waals surface area contributed by atoms with Gasteiger partial charge in [-0.25, -0.2) is 0 Å². The molecule has 0 aromatic heterocycles. The molecule has 5 heteroatoms. The van der Waals surface area contributed by atoms with Crippen LogP contribution in [0.25, 0.3) is 0 Å². The minimum absolute atomic E-state index is 0.137. The van der Waals surface area contributed by atoms with Gasteiger partial charge in [0.15, 0.2) is 0 Å². The smallest absolute Gasteiger partial charge is 0.311 e. The molecule has 0 aliphatic carbocycles. The number of hydrogen-bond donors (Lipinski definition) is 2. The van der Waals surface area contributed by atoms with E-state index in [0.717, 1.165) is 35.2 Å². The lowest BCUT2D eigenvalue weighted by molar-refractivity contribution is -0.140. The number of halogens is 1. The highest BCUT2D eigenvalue weighted by atomic mass is 79.9. The van der Waals surface area contributed by atoms with Gasteiger partial charge in [-0.05, 0) is 36.7 Å². The molecule has 2 N–H and O–H groups in total. The Labute approximate surface area is 120 Å². The van der Waals surface area contributed by atoms with Crippen molar-refractivity contribution in [3.05, 3.63) is 28.2 Å². The van der Waals surface area contributed by atoms with E-state index in [4.69, 9.17) is 0 Å². The van der Waals surface area contributed by atoms with Gasteiger partial charge in [0.2, 0.25) is 0 Å². The third-order valence-corrected chi connectivity index (χ3v) is 4.88. The zero-order chi connectivity index (χ0) is 13.6. The summed E-state index contributed by atoms with van der Waals surface area (Å²) in [5.41, 5.74) is 1.98. The van der Waals surface area contributed by atoms with Crippen LogP contribution in [-0.2, 0) is 4.79 Å². The van der Waals surface area contributed by atoms with Gasteiger partial charge in [0.05, 0.1) is 5.92 Å². The van der Waals surface area contributed by atoms with Gasteiger partial charge in [-0.2, -0.15) is 0 Å². The first-order valence-electron chi connectivity index (χ1n) is 6.55. The fraction of sp³-hybridized carbons (Fsp3) is 0.500. The second-order valence-corrected chi connectivity index (χ2v) is 6.27. The number of benzene rings is 1. The quantitative estimate of drug-likeness (QED) is 0.830. The van der Waals surface area contributed by atoms with Crippen LogP contribution in [0.4, 0.5) is 5.69 Å². The van der Waals surface area contributed by atoms with Crippen LogP contribution in [0.15, 0.2) is 22.7 Å². The van der Waals surface area contributed by atoms with Crippen molar-refractivity contribution in [2.24, 2.45) is 5.92 Å². The van der Waals surface area contributed by atoms with Crippen molar-refractivity contribution >= 4 is 27.6 Å².